The van der Waals surface area contributed by atoms with E-state index in [1.807, 2.05) is 60.7 Å². The summed E-state index contributed by atoms with van der Waals surface area (Å²) < 4.78 is 14.2. The van der Waals surface area contributed by atoms with E-state index in [9.17, 15) is 4.79 Å². The molecule has 2 aliphatic rings. The van der Waals surface area contributed by atoms with Gasteiger partial charge in [0.2, 0.25) is 0 Å². The topological polar surface area (TPSA) is 42.0 Å². The molecule has 0 N–H and O–H groups in total. The van der Waals surface area contributed by atoms with Crippen LogP contribution in [-0.2, 0) is 10.3 Å². The molecule has 0 saturated heterocycles. The molecule has 0 amide bonds. The molecular weight excluding hydrogens is 471 g/mol. The maximum atomic E-state index is 12.9. The number of halogens is 2. The van der Waals surface area contributed by atoms with Crippen molar-refractivity contribution in [1.29, 1.82) is 0 Å². The fourth-order valence-corrected chi connectivity index (χ4v) is 5.61. The number of benzene rings is 3. The molecular formula is C27H26Cl2N2O3. The number of anilines is 1. The minimum Gasteiger partial charge on any atom is -0.456 e. The predicted molar refractivity (Wildman–Crippen MR) is 135 cm³/mol. The average molecular weight is 497 g/mol. The molecule has 34 heavy (non-hydrogen) atoms. The Balaban J connectivity index is 1.58. The summed E-state index contributed by atoms with van der Waals surface area (Å²) >= 11 is 13.0. The Morgan fingerprint density at radius 3 is 2.32 bits per heavy atom. The molecule has 0 fully saturated rings. The summed E-state index contributed by atoms with van der Waals surface area (Å²) in [6, 6.07) is 21.1. The van der Waals surface area contributed by atoms with Gasteiger partial charge in [0, 0.05) is 46.5 Å². The number of hydrogen-bond acceptors (Lipinski definition) is 5. The summed E-state index contributed by atoms with van der Waals surface area (Å²) in [6.07, 6.45) is 0. The van der Waals surface area contributed by atoms with Crippen molar-refractivity contribution in [2.75, 3.05) is 29.9 Å². The highest BCUT2D eigenvalue weighted by molar-refractivity contribution is 6.26. The molecule has 0 aromatic heterocycles. The molecule has 0 saturated carbocycles. The number of para-hydroxylation sites is 1. The summed E-state index contributed by atoms with van der Waals surface area (Å²) in [5, 5.41) is 0. The second-order valence-electron chi connectivity index (χ2n) is 8.47. The van der Waals surface area contributed by atoms with Gasteiger partial charge in [0.15, 0.2) is 5.60 Å². The average Bonchev–Trinajstić information content (AvgIpc) is 3.16. The van der Waals surface area contributed by atoms with Gasteiger partial charge in [-0.2, -0.15) is 0 Å². The highest BCUT2D eigenvalue weighted by Crippen LogP contribution is 2.56. The molecule has 5 rings (SSSR count). The summed E-state index contributed by atoms with van der Waals surface area (Å²) in [7, 11) is 0. The van der Waals surface area contributed by atoms with Gasteiger partial charge in [-0.05, 0) is 37.4 Å². The Labute approximate surface area is 209 Å². The number of ether oxygens (including phenoxy) is 2. The fourth-order valence-electron chi connectivity index (χ4n) is 5.06. The van der Waals surface area contributed by atoms with Crippen molar-refractivity contribution in [3.05, 3.63) is 89.0 Å². The summed E-state index contributed by atoms with van der Waals surface area (Å²) in [4.78, 5) is 15.2. The summed E-state index contributed by atoms with van der Waals surface area (Å²) in [5.41, 5.74) is 2.69. The second kappa shape index (κ2) is 9.14. The van der Waals surface area contributed by atoms with Gasteiger partial charge >= 0.3 is 5.97 Å². The number of rotatable bonds is 7. The first-order valence-electron chi connectivity index (χ1n) is 11.5. The lowest BCUT2D eigenvalue weighted by molar-refractivity contribution is 0.0224. The van der Waals surface area contributed by atoms with Crippen molar-refractivity contribution >= 4 is 35.0 Å². The van der Waals surface area contributed by atoms with Gasteiger partial charge < -0.3 is 9.47 Å². The van der Waals surface area contributed by atoms with E-state index in [0.717, 1.165) is 35.5 Å². The highest BCUT2D eigenvalue weighted by atomic mass is 35.5. The SMILES string of the molecule is CCN(CC)C(CCl)CN(Cl)c1ccc2c(c1)Oc1ccccc1C21OC(=O)c2ccccc21. The van der Waals surface area contributed by atoms with Crippen LogP contribution in [0, 0.1) is 0 Å². The van der Waals surface area contributed by atoms with E-state index in [1.165, 1.54) is 0 Å². The van der Waals surface area contributed by atoms with Crippen LogP contribution >= 0.6 is 23.4 Å². The molecule has 3 aromatic carbocycles. The Hall–Kier alpha value is -2.73. The summed E-state index contributed by atoms with van der Waals surface area (Å²) in [6.45, 7) is 6.59. The standard InChI is InChI=1S/C27H26Cl2N2O3/c1-3-30(4-2)19(16-28)17-31(29)18-13-14-23-25(15-18)33-24-12-8-7-11-22(24)27(23)21-10-6-5-9-20(21)26(32)34-27/h5-15,19H,3-4,16-17H2,1-2H3. The van der Waals surface area contributed by atoms with E-state index < -0.39 is 5.60 Å². The van der Waals surface area contributed by atoms with Crippen molar-refractivity contribution in [2.24, 2.45) is 0 Å². The first kappa shape index (κ1) is 23.0. The number of esters is 1. The Morgan fingerprint density at radius 1 is 0.912 bits per heavy atom. The van der Waals surface area contributed by atoms with E-state index in [0.29, 0.717) is 29.5 Å². The lowest BCUT2D eigenvalue weighted by atomic mass is 9.77. The van der Waals surface area contributed by atoms with Gasteiger partial charge in [0.25, 0.3) is 0 Å². The van der Waals surface area contributed by atoms with Gasteiger partial charge in [-0.15, -0.1) is 11.6 Å². The molecule has 2 unspecified atom stereocenters. The minimum absolute atomic E-state index is 0.112. The number of nitrogens with zero attached hydrogens (tertiary/aromatic N) is 2. The van der Waals surface area contributed by atoms with Gasteiger partial charge in [-0.1, -0.05) is 50.2 Å². The third-order valence-electron chi connectivity index (χ3n) is 6.76. The van der Waals surface area contributed by atoms with Crippen LogP contribution in [0.5, 0.6) is 11.5 Å². The largest absolute Gasteiger partial charge is 0.456 e. The van der Waals surface area contributed by atoms with Crippen molar-refractivity contribution in [2.45, 2.75) is 25.5 Å². The van der Waals surface area contributed by atoms with Crippen molar-refractivity contribution in [3.63, 3.8) is 0 Å². The quantitative estimate of drug-likeness (QED) is 0.222. The van der Waals surface area contributed by atoms with Crippen LogP contribution in [-0.4, -0.2) is 42.4 Å². The zero-order valence-electron chi connectivity index (χ0n) is 19.1. The van der Waals surface area contributed by atoms with Gasteiger partial charge in [0.05, 0.1) is 17.8 Å². The molecule has 176 valence electrons. The van der Waals surface area contributed by atoms with Crippen LogP contribution in [0.2, 0.25) is 0 Å². The van der Waals surface area contributed by atoms with Crippen LogP contribution < -0.4 is 9.16 Å². The molecule has 7 heteroatoms. The van der Waals surface area contributed by atoms with Crippen molar-refractivity contribution in [1.82, 2.24) is 4.90 Å². The van der Waals surface area contributed by atoms with Gasteiger partial charge in [-0.3, -0.25) is 9.32 Å². The molecule has 1 spiro atoms. The number of alkyl halides is 1. The van der Waals surface area contributed by atoms with E-state index in [1.54, 1.807) is 10.5 Å². The van der Waals surface area contributed by atoms with Crippen LogP contribution in [0.4, 0.5) is 5.69 Å². The Bertz CT molecular complexity index is 1230. The first-order chi connectivity index (χ1) is 16.5. The van der Waals surface area contributed by atoms with Gasteiger partial charge in [-0.25, -0.2) is 4.79 Å². The third kappa shape index (κ3) is 3.54. The molecule has 0 radical (unpaired) electrons. The van der Waals surface area contributed by atoms with E-state index >= 15 is 0 Å². The van der Waals surface area contributed by atoms with Crippen LogP contribution in [0.3, 0.4) is 0 Å². The van der Waals surface area contributed by atoms with Crippen LogP contribution in [0.1, 0.15) is 40.9 Å². The molecule has 0 bridgehead atoms. The van der Waals surface area contributed by atoms with Crippen LogP contribution in [0.25, 0.3) is 0 Å². The van der Waals surface area contributed by atoms with E-state index in [4.69, 9.17) is 32.9 Å². The minimum atomic E-state index is -1.06. The van der Waals surface area contributed by atoms with E-state index in [-0.39, 0.29) is 12.0 Å². The maximum absolute atomic E-state index is 12.9. The lowest BCUT2D eigenvalue weighted by Gasteiger charge is -2.37. The van der Waals surface area contributed by atoms with Crippen molar-refractivity contribution in [3.8, 4) is 11.5 Å². The van der Waals surface area contributed by atoms with Crippen molar-refractivity contribution < 1.29 is 14.3 Å². The smallest absolute Gasteiger partial charge is 0.340 e. The maximum Gasteiger partial charge on any atom is 0.340 e. The molecule has 5 nitrogen and oxygen atoms in total. The molecule has 0 aliphatic carbocycles. The zero-order valence-corrected chi connectivity index (χ0v) is 20.6. The monoisotopic (exact) mass is 496 g/mol. The number of likely N-dealkylation sites (N-methyl/N-ethyl adjacent to an activating group) is 1. The first-order valence-corrected chi connectivity index (χ1v) is 12.4. The Kier molecular flexibility index (Phi) is 6.19. The van der Waals surface area contributed by atoms with E-state index in [2.05, 4.69) is 18.7 Å². The Morgan fingerprint density at radius 2 is 1.59 bits per heavy atom. The third-order valence-corrected chi connectivity index (χ3v) is 7.45. The predicted octanol–water partition coefficient (Wildman–Crippen LogP) is 6.16. The zero-order chi connectivity index (χ0) is 23.9. The fraction of sp³-hybridized carbons (Fsp3) is 0.296. The second-order valence-corrected chi connectivity index (χ2v) is 9.19. The molecule has 2 heterocycles. The van der Waals surface area contributed by atoms with Gasteiger partial charge in [0.1, 0.15) is 11.5 Å². The highest BCUT2D eigenvalue weighted by Gasteiger charge is 2.53. The van der Waals surface area contributed by atoms with Crippen LogP contribution in [0.15, 0.2) is 66.7 Å². The lowest BCUT2D eigenvalue weighted by Crippen LogP contribution is -2.43. The molecule has 2 aliphatic heterocycles. The number of carbonyl (C=O) groups excluding carboxylic acids is 1. The summed E-state index contributed by atoms with van der Waals surface area (Å²) in [5.74, 6) is 1.40. The molecule has 3 aromatic rings. The normalized spacial score (nSPS) is 18.7. The number of fused-ring (bicyclic) bond motifs is 6. The number of carbonyl (C=O) groups is 1. The molecule has 2 atom stereocenters. The number of hydrogen-bond donors (Lipinski definition) is 0.